The Morgan fingerprint density at radius 1 is 0.341 bits per heavy atom. The summed E-state index contributed by atoms with van der Waals surface area (Å²) in [5.74, 6) is -0.829. The lowest BCUT2D eigenvalue weighted by Gasteiger charge is -2.19. The Morgan fingerprint density at radius 2 is 0.604 bits per heavy atom. The van der Waals surface area contributed by atoms with E-state index in [-0.39, 0.29) is 38.6 Å². The zero-order chi connectivity index (χ0) is 65.8. The Balaban J connectivity index is 3.79. The largest absolute Gasteiger partial charge is 0.472 e. The first kappa shape index (κ1) is 88.2. The predicted octanol–water partition coefficient (Wildman–Crippen LogP) is 26.1. The van der Waals surface area contributed by atoms with Crippen molar-refractivity contribution in [3.63, 3.8) is 0 Å². The van der Waals surface area contributed by atoms with Gasteiger partial charge in [-0.3, -0.25) is 18.6 Å². The van der Waals surface area contributed by atoms with Gasteiger partial charge in [0.25, 0.3) is 0 Å². The standard InChI is InChI=1S/C81H148NO8P/c1-3-5-7-9-11-13-15-17-19-21-23-25-27-29-31-33-34-35-36-37-38-39-40-41-42-43-44-46-47-49-51-53-55-57-59-61-63-65-67-69-71-73-80(83)87-77-79(78-89-91(85,86)88-76-75-82)90-81(84)74-72-70-68-66-64-62-60-58-56-54-52-50-48-45-32-30-28-26-24-22-20-18-16-14-12-10-8-6-4-2/h6,8,12,14,18,20,24,26,30,32,48,50,54,56,79H,3-5,7,9-11,13,15-17,19,21-23,25,27-29,31,33-47,49,51-53,55,57-78,82H2,1-2H3,(H,85,86)/b8-6-,14-12-,20-18-,26-24-,32-30-,50-48-,56-54-. The van der Waals surface area contributed by atoms with Crippen molar-refractivity contribution in [2.24, 2.45) is 5.73 Å². The lowest BCUT2D eigenvalue weighted by Crippen LogP contribution is -2.29. The summed E-state index contributed by atoms with van der Waals surface area (Å²) in [6, 6.07) is 0. The van der Waals surface area contributed by atoms with Gasteiger partial charge in [-0.2, -0.15) is 0 Å². The number of esters is 2. The number of rotatable bonds is 74. The third kappa shape index (κ3) is 76.1. The second-order valence-electron chi connectivity index (χ2n) is 26.2. The minimum absolute atomic E-state index is 0.0490. The van der Waals surface area contributed by atoms with Crippen molar-refractivity contribution in [3.8, 4) is 0 Å². The van der Waals surface area contributed by atoms with E-state index in [0.717, 1.165) is 89.9 Å². The number of nitrogens with two attached hydrogens (primary N) is 1. The van der Waals surface area contributed by atoms with Crippen molar-refractivity contribution in [1.29, 1.82) is 0 Å². The van der Waals surface area contributed by atoms with Crippen LogP contribution < -0.4 is 5.73 Å². The van der Waals surface area contributed by atoms with Crippen LogP contribution in [0.2, 0.25) is 0 Å². The molecule has 0 aliphatic rings. The number of carbonyl (C=O) groups excluding carboxylic acids is 2. The molecule has 0 amide bonds. The van der Waals surface area contributed by atoms with Gasteiger partial charge in [-0.1, -0.05) is 388 Å². The quantitative estimate of drug-likeness (QED) is 0.0264. The van der Waals surface area contributed by atoms with Gasteiger partial charge >= 0.3 is 19.8 Å². The summed E-state index contributed by atoms with van der Waals surface area (Å²) in [6.07, 6.45) is 103. The number of unbranched alkanes of at least 4 members (excludes halogenated alkanes) is 47. The molecule has 0 radical (unpaired) electrons. The predicted molar refractivity (Wildman–Crippen MR) is 395 cm³/mol. The topological polar surface area (TPSA) is 134 Å². The number of hydrogen-bond donors (Lipinski definition) is 2. The van der Waals surface area contributed by atoms with Crippen LogP contribution in [-0.2, 0) is 32.7 Å². The zero-order valence-electron chi connectivity index (χ0n) is 59.8. The molecule has 0 heterocycles. The molecule has 0 fully saturated rings. The van der Waals surface area contributed by atoms with Gasteiger partial charge < -0.3 is 20.1 Å². The van der Waals surface area contributed by atoms with Crippen molar-refractivity contribution < 1.29 is 37.6 Å². The fraction of sp³-hybridized carbons (Fsp3) is 0.802. The van der Waals surface area contributed by atoms with Crippen LogP contribution in [0.25, 0.3) is 0 Å². The van der Waals surface area contributed by atoms with Gasteiger partial charge in [-0.25, -0.2) is 4.57 Å². The van der Waals surface area contributed by atoms with Gasteiger partial charge in [0.1, 0.15) is 6.61 Å². The van der Waals surface area contributed by atoms with E-state index in [0.29, 0.717) is 6.42 Å². The molecule has 3 N–H and O–H groups in total. The van der Waals surface area contributed by atoms with Crippen molar-refractivity contribution in [2.45, 2.75) is 392 Å². The van der Waals surface area contributed by atoms with Crippen LogP contribution in [0.1, 0.15) is 386 Å². The highest BCUT2D eigenvalue weighted by Gasteiger charge is 2.26. The maximum Gasteiger partial charge on any atom is 0.472 e. The van der Waals surface area contributed by atoms with Crippen LogP contribution in [0.4, 0.5) is 0 Å². The van der Waals surface area contributed by atoms with Crippen molar-refractivity contribution in [1.82, 2.24) is 0 Å². The van der Waals surface area contributed by atoms with Gasteiger partial charge in [-0.05, 0) is 70.6 Å². The highest BCUT2D eigenvalue weighted by molar-refractivity contribution is 7.47. The number of ether oxygens (including phenoxy) is 2. The van der Waals surface area contributed by atoms with Crippen molar-refractivity contribution in [2.75, 3.05) is 26.4 Å². The molecule has 0 aromatic carbocycles. The summed E-state index contributed by atoms with van der Waals surface area (Å²) in [7, 11) is -4.40. The molecule has 530 valence electrons. The Labute approximate surface area is 564 Å². The lowest BCUT2D eigenvalue weighted by atomic mass is 10.0. The first-order valence-corrected chi connectivity index (χ1v) is 40.6. The molecule has 0 saturated heterocycles. The fourth-order valence-corrected chi connectivity index (χ4v) is 12.3. The number of hydrogen-bond acceptors (Lipinski definition) is 8. The molecule has 0 rings (SSSR count). The molecular formula is C81H148NO8P. The van der Waals surface area contributed by atoms with Crippen LogP contribution in [0.5, 0.6) is 0 Å². The van der Waals surface area contributed by atoms with Crippen LogP contribution in [0, 0.1) is 0 Å². The summed E-state index contributed by atoms with van der Waals surface area (Å²) >= 11 is 0. The fourth-order valence-electron chi connectivity index (χ4n) is 11.6. The van der Waals surface area contributed by atoms with Crippen LogP contribution >= 0.6 is 7.82 Å². The Morgan fingerprint density at radius 3 is 0.901 bits per heavy atom. The van der Waals surface area contributed by atoms with Gasteiger partial charge in [0, 0.05) is 19.4 Å². The van der Waals surface area contributed by atoms with Crippen LogP contribution in [0.3, 0.4) is 0 Å². The van der Waals surface area contributed by atoms with Crippen molar-refractivity contribution in [3.05, 3.63) is 85.1 Å². The normalized spacial score (nSPS) is 13.3. The maximum atomic E-state index is 12.8. The van der Waals surface area contributed by atoms with Crippen molar-refractivity contribution >= 4 is 19.8 Å². The second-order valence-corrected chi connectivity index (χ2v) is 27.7. The molecule has 2 unspecified atom stereocenters. The summed E-state index contributed by atoms with van der Waals surface area (Å²) in [5, 5.41) is 0. The minimum Gasteiger partial charge on any atom is -0.462 e. The summed E-state index contributed by atoms with van der Waals surface area (Å²) < 4.78 is 33.2. The van der Waals surface area contributed by atoms with Gasteiger partial charge in [-0.15, -0.1) is 0 Å². The Hall–Kier alpha value is -2.81. The van der Waals surface area contributed by atoms with Gasteiger partial charge in [0.05, 0.1) is 13.2 Å². The summed E-state index contributed by atoms with van der Waals surface area (Å²) in [6.45, 7) is 3.67. The molecule has 10 heteroatoms. The summed E-state index contributed by atoms with van der Waals surface area (Å²) in [4.78, 5) is 35.4. The number of carbonyl (C=O) groups is 2. The van der Waals surface area contributed by atoms with E-state index >= 15 is 0 Å². The van der Waals surface area contributed by atoms with E-state index < -0.39 is 26.5 Å². The average molecular weight is 1300 g/mol. The molecule has 0 aliphatic heterocycles. The Bertz CT molecular complexity index is 1770. The summed E-state index contributed by atoms with van der Waals surface area (Å²) in [5.41, 5.74) is 5.41. The van der Waals surface area contributed by atoms with E-state index in [9.17, 15) is 19.0 Å². The first-order valence-electron chi connectivity index (χ1n) is 39.1. The molecule has 0 aliphatic carbocycles. The maximum absolute atomic E-state index is 12.8. The zero-order valence-corrected chi connectivity index (χ0v) is 60.7. The second kappa shape index (κ2) is 76.2. The molecule has 0 saturated carbocycles. The lowest BCUT2D eigenvalue weighted by molar-refractivity contribution is -0.161. The third-order valence-electron chi connectivity index (χ3n) is 17.3. The van der Waals surface area contributed by atoms with Gasteiger partial charge in [0.2, 0.25) is 0 Å². The monoisotopic (exact) mass is 1290 g/mol. The average Bonchev–Trinajstić information content (AvgIpc) is 3.68. The highest BCUT2D eigenvalue weighted by Crippen LogP contribution is 2.43. The molecular weight excluding hydrogens is 1150 g/mol. The van der Waals surface area contributed by atoms with Crippen LogP contribution in [-0.4, -0.2) is 49.3 Å². The molecule has 91 heavy (non-hydrogen) atoms. The molecule has 0 spiro atoms. The molecule has 9 nitrogen and oxygen atoms in total. The Kier molecular flexibility index (Phi) is 73.9. The number of phosphoric acid groups is 1. The SMILES string of the molecule is CC/C=C\C/C=C\C/C=C\C/C=C\C/C=C\C/C=C\C/C=C\CCCCCCCCCC(=O)OC(COC(=O)CCCCCCCCCCCCCCCCCCCCCCCCCCCCCCCCCCCCCCCCCCC)COP(=O)(O)OCCN. The van der Waals surface area contributed by atoms with Crippen LogP contribution in [0.15, 0.2) is 85.1 Å². The molecule has 0 aromatic rings. The van der Waals surface area contributed by atoms with Gasteiger partial charge in [0.15, 0.2) is 6.10 Å². The van der Waals surface area contributed by atoms with E-state index in [2.05, 4.69) is 98.9 Å². The smallest absolute Gasteiger partial charge is 0.462 e. The number of phosphoric ester groups is 1. The third-order valence-corrected chi connectivity index (χ3v) is 18.3. The van der Waals surface area contributed by atoms with E-state index in [4.69, 9.17) is 24.3 Å². The molecule has 0 bridgehead atoms. The molecule has 0 aromatic heterocycles. The highest BCUT2D eigenvalue weighted by atomic mass is 31.2. The van der Waals surface area contributed by atoms with E-state index in [1.165, 1.54) is 263 Å². The van der Waals surface area contributed by atoms with E-state index in [1.54, 1.807) is 0 Å². The first-order chi connectivity index (χ1) is 44.8. The number of allylic oxidation sites excluding steroid dienone is 14. The van der Waals surface area contributed by atoms with E-state index in [1.807, 2.05) is 0 Å². The molecule has 2 atom stereocenters. The minimum atomic E-state index is -4.40.